The van der Waals surface area contributed by atoms with Gasteiger partial charge >= 0.3 is 0 Å². The summed E-state index contributed by atoms with van der Waals surface area (Å²) in [6.07, 6.45) is 5.21. The molecule has 0 spiro atoms. The third-order valence-corrected chi connectivity index (χ3v) is 4.26. The van der Waals surface area contributed by atoms with Gasteiger partial charge in [0.05, 0.1) is 0 Å². The van der Waals surface area contributed by atoms with Gasteiger partial charge in [0.25, 0.3) is 5.91 Å². The Morgan fingerprint density at radius 1 is 1.30 bits per heavy atom. The Labute approximate surface area is 136 Å². The number of nitrogens with zero attached hydrogens (tertiary/aromatic N) is 1. The standard InChI is InChI=1S/C19H22N2O2/c1-3-17(19(22)21-18-13(2)6-5-11-20-18)23-16-10-9-14-7-4-8-15(14)12-16/h5-6,9-12,17H,3-4,7-8H2,1-2H3,(H,20,21,22)/t17-/m1/s1. The summed E-state index contributed by atoms with van der Waals surface area (Å²) in [7, 11) is 0. The number of hydrogen-bond donors (Lipinski definition) is 1. The Kier molecular flexibility index (Phi) is 4.60. The van der Waals surface area contributed by atoms with Crippen molar-refractivity contribution >= 4 is 11.7 Å². The van der Waals surface area contributed by atoms with Gasteiger partial charge in [-0.1, -0.05) is 19.1 Å². The topological polar surface area (TPSA) is 51.2 Å². The minimum atomic E-state index is -0.518. The SMILES string of the molecule is CC[C@@H](Oc1ccc2c(c1)CCC2)C(=O)Nc1ncccc1C. The van der Waals surface area contributed by atoms with Crippen molar-refractivity contribution in [3.63, 3.8) is 0 Å². The third-order valence-electron chi connectivity index (χ3n) is 4.26. The molecular weight excluding hydrogens is 288 g/mol. The van der Waals surface area contributed by atoms with Gasteiger partial charge in [0.15, 0.2) is 6.10 Å². The molecule has 1 aromatic carbocycles. The quantitative estimate of drug-likeness (QED) is 0.916. The number of aromatic nitrogens is 1. The molecule has 1 heterocycles. The van der Waals surface area contributed by atoms with Crippen LogP contribution in [0.2, 0.25) is 0 Å². The van der Waals surface area contributed by atoms with Crippen molar-refractivity contribution in [3.8, 4) is 5.75 Å². The van der Waals surface area contributed by atoms with Gasteiger partial charge in [0.2, 0.25) is 0 Å². The number of carbonyl (C=O) groups excluding carboxylic acids is 1. The van der Waals surface area contributed by atoms with Crippen molar-refractivity contribution in [2.45, 2.75) is 45.6 Å². The first-order chi connectivity index (χ1) is 11.2. The van der Waals surface area contributed by atoms with Crippen LogP contribution in [-0.2, 0) is 17.6 Å². The van der Waals surface area contributed by atoms with Crippen molar-refractivity contribution in [1.82, 2.24) is 4.98 Å². The summed E-state index contributed by atoms with van der Waals surface area (Å²) in [5.74, 6) is 1.20. The molecule has 1 atom stereocenters. The van der Waals surface area contributed by atoms with Crippen molar-refractivity contribution in [2.24, 2.45) is 0 Å². The largest absolute Gasteiger partial charge is 0.481 e. The van der Waals surface area contributed by atoms with E-state index in [9.17, 15) is 4.79 Å². The molecule has 2 aromatic rings. The average Bonchev–Trinajstić information content (AvgIpc) is 3.02. The van der Waals surface area contributed by atoms with E-state index in [0.717, 1.165) is 24.2 Å². The summed E-state index contributed by atoms with van der Waals surface area (Å²) in [5.41, 5.74) is 3.69. The summed E-state index contributed by atoms with van der Waals surface area (Å²) in [6, 6.07) is 9.93. The van der Waals surface area contributed by atoms with E-state index in [-0.39, 0.29) is 5.91 Å². The van der Waals surface area contributed by atoms with Gasteiger partial charge in [0, 0.05) is 6.20 Å². The molecule has 1 aromatic heterocycles. The van der Waals surface area contributed by atoms with E-state index >= 15 is 0 Å². The zero-order chi connectivity index (χ0) is 16.2. The fourth-order valence-electron chi connectivity index (χ4n) is 2.92. The van der Waals surface area contributed by atoms with E-state index < -0.39 is 6.10 Å². The van der Waals surface area contributed by atoms with Crippen LogP contribution in [0.25, 0.3) is 0 Å². The van der Waals surface area contributed by atoms with E-state index in [1.165, 1.54) is 17.5 Å². The summed E-state index contributed by atoms with van der Waals surface area (Å²) >= 11 is 0. The predicted molar refractivity (Wildman–Crippen MR) is 90.8 cm³/mol. The third kappa shape index (κ3) is 3.52. The molecule has 1 amide bonds. The molecule has 3 rings (SSSR count). The zero-order valence-electron chi connectivity index (χ0n) is 13.6. The first-order valence-corrected chi connectivity index (χ1v) is 8.18. The van der Waals surface area contributed by atoms with Crippen LogP contribution in [0.15, 0.2) is 36.5 Å². The molecule has 0 saturated heterocycles. The second-order valence-corrected chi connectivity index (χ2v) is 5.96. The van der Waals surface area contributed by atoms with Crippen LogP contribution < -0.4 is 10.1 Å². The number of carbonyl (C=O) groups is 1. The highest BCUT2D eigenvalue weighted by Crippen LogP contribution is 2.27. The van der Waals surface area contributed by atoms with E-state index in [0.29, 0.717) is 12.2 Å². The first-order valence-electron chi connectivity index (χ1n) is 8.18. The maximum absolute atomic E-state index is 12.5. The minimum Gasteiger partial charge on any atom is -0.481 e. The number of aryl methyl sites for hydroxylation is 3. The van der Waals surface area contributed by atoms with Gasteiger partial charge in [-0.05, 0) is 67.5 Å². The van der Waals surface area contributed by atoms with Gasteiger partial charge in [-0.2, -0.15) is 0 Å². The Morgan fingerprint density at radius 2 is 2.13 bits per heavy atom. The highest BCUT2D eigenvalue weighted by Gasteiger charge is 2.20. The number of pyridine rings is 1. The summed E-state index contributed by atoms with van der Waals surface area (Å²) in [4.78, 5) is 16.7. The second-order valence-electron chi connectivity index (χ2n) is 5.96. The first kappa shape index (κ1) is 15.5. The van der Waals surface area contributed by atoms with Crippen molar-refractivity contribution < 1.29 is 9.53 Å². The number of nitrogens with one attached hydrogen (secondary N) is 1. The van der Waals surface area contributed by atoms with Gasteiger partial charge in [-0.3, -0.25) is 4.79 Å². The molecule has 1 aliphatic carbocycles. The Hall–Kier alpha value is -2.36. The number of amides is 1. The van der Waals surface area contributed by atoms with Crippen molar-refractivity contribution in [2.75, 3.05) is 5.32 Å². The lowest BCUT2D eigenvalue weighted by Crippen LogP contribution is -2.32. The van der Waals surface area contributed by atoms with Crippen LogP contribution in [0.5, 0.6) is 5.75 Å². The molecule has 4 heteroatoms. The number of ether oxygens (including phenoxy) is 1. The fourth-order valence-corrected chi connectivity index (χ4v) is 2.92. The van der Waals surface area contributed by atoms with E-state index in [1.54, 1.807) is 6.20 Å². The van der Waals surface area contributed by atoms with E-state index in [2.05, 4.69) is 22.4 Å². The normalized spacial score (nSPS) is 14.2. The number of hydrogen-bond acceptors (Lipinski definition) is 3. The number of anilines is 1. The minimum absolute atomic E-state index is 0.158. The highest BCUT2D eigenvalue weighted by molar-refractivity contribution is 5.94. The highest BCUT2D eigenvalue weighted by atomic mass is 16.5. The summed E-state index contributed by atoms with van der Waals surface area (Å²) in [6.45, 7) is 3.87. The maximum Gasteiger partial charge on any atom is 0.266 e. The number of fused-ring (bicyclic) bond motifs is 1. The Bertz CT molecular complexity index is 712. The van der Waals surface area contributed by atoms with Crippen LogP contribution in [0.4, 0.5) is 5.82 Å². The van der Waals surface area contributed by atoms with Crippen LogP contribution in [0.3, 0.4) is 0 Å². The smallest absolute Gasteiger partial charge is 0.266 e. The van der Waals surface area contributed by atoms with Crippen LogP contribution in [-0.4, -0.2) is 17.0 Å². The zero-order valence-corrected chi connectivity index (χ0v) is 13.6. The lowest BCUT2D eigenvalue weighted by molar-refractivity contribution is -0.122. The van der Waals surface area contributed by atoms with Crippen LogP contribution in [0.1, 0.15) is 36.5 Å². The average molecular weight is 310 g/mol. The Balaban J connectivity index is 1.70. The lowest BCUT2D eigenvalue weighted by atomic mass is 10.1. The fraction of sp³-hybridized carbons (Fsp3) is 0.368. The molecule has 120 valence electrons. The van der Waals surface area contributed by atoms with Gasteiger partial charge in [-0.25, -0.2) is 4.98 Å². The molecule has 0 saturated carbocycles. The molecule has 1 aliphatic rings. The lowest BCUT2D eigenvalue weighted by Gasteiger charge is -2.18. The summed E-state index contributed by atoms with van der Waals surface area (Å²) < 4.78 is 5.92. The predicted octanol–water partition coefficient (Wildman–Crippen LogP) is 3.67. The van der Waals surface area contributed by atoms with Crippen molar-refractivity contribution in [3.05, 3.63) is 53.2 Å². The van der Waals surface area contributed by atoms with E-state index in [1.807, 2.05) is 32.0 Å². The van der Waals surface area contributed by atoms with Gasteiger partial charge < -0.3 is 10.1 Å². The molecule has 0 aliphatic heterocycles. The summed E-state index contributed by atoms with van der Waals surface area (Å²) in [5, 5.41) is 2.86. The molecule has 0 bridgehead atoms. The molecule has 0 radical (unpaired) electrons. The number of rotatable bonds is 5. The van der Waals surface area contributed by atoms with Crippen LogP contribution in [0, 0.1) is 6.92 Å². The van der Waals surface area contributed by atoms with E-state index in [4.69, 9.17) is 4.74 Å². The van der Waals surface area contributed by atoms with Gasteiger partial charge in [-0.15, -0.1) is 0 Å². The second kappa shape index (κ2) is 6.82. The number of benzene rings is 1. The molecule has 0 fully saturated rings. The maximum atomic E-state index is 12.5. The molecule has 1 N–H and O–H groups in total. The molecule has 0 unspecified atom stereocenters. The molecule has 4 nitrogen and oxygen atoms in total. The molecule has 23 heavy (non-hydrogen) atoms. The molecular formula is C19H22N2O2. The monoisotopic (exact) mass is 310 g/mol. The Morgan fingerprint density at radius 3 is 2.91 bits per heavy atom. The van der Waals surface area contributed by atoms with Crippen molar-refractivity contribution in [1.29, 1.82) is 0 Å². The van der Waals surface area contributed by atoms with Crippen LogP contribution >= 0.6 is 0 Å². The van der Waals surface area contributed by atoms with Gasteiger partial charge in [0.1, 0.15) is 11.6 Å².